The SMILES string of the molecule is CN(C)CCOc1nc(-c2ccccc2)c2ccccc2n1. The first-order valence-electron chi connectivity index (χ1n) is 7.34. The van der Waals surface area contributed by atoms with Gasteiger partial charge < -0.3 is 9.64 Å². The van der Waals surface area contributed by atoms with Crippen LogP contribution in [0, 0.1) is 0 Å². The number of ether oxygens (including phenoxy) is 1. The molecule has 0 saturated heterocycles. The fourth-order valence-electron chi connectivity index (χ4n) is 2.26. The highest BCUT2D eigenvalue weighted by Crippen LogP contribution is 2.27. The summed E-state index contributed by atoms with van der Waals surface area (Å²) in [6.07, 6.45) is 0. The third-order valence-electron chi connectivity index (χ3n) is 3.40. The second-order valence-electron chi connectivity index (χ2n) is 5.39. The number of rotatable bonds is 5. The van der Waals surface area contributed by atoms with E-state index in [1.807, 2.05) is 56.6 Å². The Bertz CT molecular complexity index is 757. The number of benzene rings is 2. The van der Waals surface area contributed by atoms with E-state index in [9.17, 15) is 0 Å². The molecule has 22 heavy (non-hydrogen) atoms. The summed E-state index contributed by atoms with van der Waals surface area (Å²) in [5.74, 6) is 0. The molecule has 0 fully saturated rings. The summed E-state index contributed by atoms with van der Waals surface area (Å²) in [5, 5.41) is 1.04. The minimum atomic E-state index is 0.430. The predicted octanol–water partition coefficient (Wildman–Crippen LogP) is 3.24. The van der Waals surface area contributed by atoms with Gasteiger partial charge in [0.1, 0.15) is 6.61 Å². The van der Waals surface area contributed by atoms with Crippen LogP contribution in [-0.2, 0) is 0 Å². The van der Waals surface area contributed by atoms with E-state index < -0.39 is 0 Å². The Morgan fingerprint density at radius 2 is 1.64 bits per heavy atom. The van der Waals surface area contributed by atoms with Crippen molar-refractivity contribution in [2.24, 2.45) is 0 Å². The lowest BCUT2D eigenvalue weighted by Gasteiger charge is -2.12. The predicted molar refractivity (Wildman–Crippen MR) is 89.0 cm³/mol. The van der Waals surface area contributed by atoms with E-state index in [0.29, 0.717) is 12.6 Å². The van der Waals surface area contributed by atoms with Gasteiger partial charge in [-0.05, 0) is 20.2 Å². The molecule has 0 radical (unpaired) electrons. The molecule has 0 N–H and O–H groups in total. The van der Waals surface area contributed by atoms with Gasteiger partial charge in [0.15, 0.2) is 0 Å². The Morgan fingerprint density at radius 3 is 2.41 bits per heavy atom. The fraction of sp³-hybridized carbons (Fsp3) is 0.222. The molecule has 2 aromatic carbocycles. The van der Waals surface area contributed by atoms with Gasteiger partial charge in [-0.1, -0.05) is 48.5 Å². The van der Waals surface area contributed by atoms with Crippen LogP contribution in [0.2, 0.25) is 0 Å². The molecular formula is C18H19N3O. The van der Waals surface area contributed by atoms with Crippen LogP contribution in [0.4, 0.5) is 0 Å². The van der Waals surface area contributed by atoms with Gasteiger partial charge in [-0.3, -0.25) is 0 Å². The first kappa shape index (κ1) is 14.5. The lowest BCUT2D eigenvalue weighted by atomic mass is 10.1. The molecule has 0 aliphatic rings. The Hall–Kier alpha value is -2.46. The van der Waals surface area contributed by atoms with Crippen molar-refractivity contribution < 1.29 is 4.74 Å². The molecule has 0 bridgehead atoms. The van der Waals surface area contributed by atoms with Gasteiger partial charge in [0.2, 0.25) is 0 Å². The molecule has 3 aromatic rings. The van der Waals surface area contributed by atoms with Crippen molar-refractivity contribution in [2.45, 2.75) is 0 Å². The topological polar surface area (TPSA) is 38.2 Å². The van der Waals surface area contributed by atoms with Crippen LogP contribution in [0.15, 0.2) is 54.6 Å². The molecule has 4 heteroatoms. The summed E-state index contributed by atoms with van der Waals surface area (Å²) >= 11 is 0. The van der Waals surface area contributed by atoms with Crippen LogP contribution in [0.25, 0.3) is 22.2 Å². The molecule has 0 aliphatic heterocycles. The third kappa shape index (κ3) is 3.23. The van der Waals surface area contributed by atoms with Crippen LogP contribution in [-0.4, -0.2) is 42.1 Å². The monoisotopic (exact) mass is 293 g/mol. The van der Waals surface area contributed by atoms with Gasteiger partial charge in [-0.15, -0.1) is 0 Å². The van der Waals surface area contributed by atoms with Crippen LogP contribution in [0.5, 0.6) is 6.01 Å². The number of hydrogen-bond donors (Lipinski definition) is 0. The fourth-order valence-corrected chi connectivity index (χ4v) is 2.26. The molecule has 0 amide bonds. The van der Waals surface area contributed by atoms with E-state index in [4.69, 9.17) is 4.74 Å². The smallest absolute Gasteiger partial charge is 0.317 e. The second-order valence-corrected chi connectivity index (χ2v) is 5.39. The molecule has 0 aliphatic carbocycles. The number of fused-ring (bicyclic) bond motifs is 1. The van der Waals surface area contributed by atoms with Crippen molar-refractivity contribution >= 4 is 10.9 Å². The first-order chi connectivity index (χ1) is 10.7. The van der Waals surface area contributed by atoms with E-state index in [1.54, 1.807) is 0 Å². The van der Waals surface area contributed by atoms with Crippen molar-refractivity contribution in [1.82, 2.24) is 14.9 Å². The number of hydrogen-bond acceptors (Lipinski definition) is 4. The summed E-state index contributed by atoms with van der Waals surface area (Å²) in [6, 6.07) is 18.6. The summed E-state index contributed by atoms with van der Waals surface area (Å²) < 4.78 is 5.72. The zero-order chi connectivity index (χ0) is 15.4. The zero-order valence-corrected chi connectivity index (χ0v) is 12.9. The highest BCUT2D eigenvalue weighted by Gasteiger charge is 2.10. The summed E-state index contributed by atoms with van der Waals surface area (Å²) in [4.78, 5) is 11.2. The minimum absolute atomic E-state index is 0.430. The molecule has 4 nitrogen and oxygen atoms in total. The highest BCUT2D eigenvalue weighted by atomic mass is 16.5. The van der Waals surface area contributed by atoms with Gasteiger partial charge >= 0.3 is 6.01 Å². The average molecular weight is 293 g/mol. The number of likely N-dealkylation sites (N-methyl/N-ethyl adjacent to an activating group) is 1. The molecule has 0 saturated carbocycles. The van der Waals surface area contributed by atoms with Gasteiger partial charge in [0, 0.05) is 17.5 Å². The van der Waals surface area contributed by atoms with Crippen LogP contribution in [0.3, 0.4) is 0 Å². The normalized spacial score (nSPS) is 11.0. The first-order valence-corrected chi connectivity index (χ1v) is 7.34. The molecule has 0 atom stereocenters. The molecule has 112 valence electrons. The lowest BCUT2D eigenvalue weighted by Crippen LogP contribution is -2.20. The van der Waals surface area contributed by atoms with Crippen LogP contribution >= 0.6 is 0 Å². The largest absolute Gasteiger partial charge is 0.462 e. The number of para-hydroxylation sites is 1. The van der Waals surface area contributed by atoms with Crippen molar-refractivity contribution in [3.8, 4) is 17.3 Å². The Balaban J connectivity index is 2.01. The highest BCUT2D eigenvalue weighted by molar-refractivity contribution is 5.92. The Morgan fingerprint density at radius 1 is 0.909 bits per heavy atom. The standard InChI is InChI=1S/C18H19N3O/c1-21(2)12-13-22-18-19-16-11-7-6-10-15(16)17(20-18)14-8-4-3-5-9-14/h3-11H,12-13H2,1-2H3. The van der Waals surface area contributed by atoms with Crippen LogP contribution < -0.4 is 4.74 Å². The number of nitrogens with zero attached hydrogens (tertiary/aromatic N) is 3. The van der Waals surface area contributed by atoms with E-state index in [-0.39, 0.29) is 0 Å². The molecule has 3 rings (SSSR count). The summed E-state index contributed by atoms with van der Waals surface area (Å²) in [6.45, 7) is 1.40. The maximum absolute atomic E-state index is 5.72. The molecule has 1 heterocycles. The lowest BCUT2D eigenvalue weighted by molar-refractivity contribution is 0.246. The zero-order valence-electron chi connectivity index (χ0n) is 12.9. The minimum Gasteiger partial charge on any atom is -0.462 e. The maximum atomic E-state index is 5.72. The second kappa shape index (κ2) is 6.54. The van der Waals surface area contributed by atoms with Crippen molar-refractivity contribution in [3.63, 3.8) is 0 Å². The van der Waals surface area contributed by atoms with E-state index in [2.05, 4.69) is 27.0 Å². The Kier molecular flexibility index (Phi) is 4.30. The van der Waals surface area contributed by atoms with E-state index >= 15 is 0 Å². The molecule has 1 aromatic heterocycles. The average Bonchev–Trinajstić information content (AvgIpc) is 2.54. The molecular weight excluding hydrogens is 274 g/mol. The van der Waals surface area contributed by atoms with Crippen molar-refractivity contribution in [3.05, 3.63) is 54.6 Å². The van der Waals surface area contributed by atoms with Gasteiger partial charge in [-0.2, -0.15) is 9.97 Å². The van der Waals surface area contributed by atoms with Gasteiger partial charge in [-0.25, -0.2) is 0 Å². The quantitative estimate of drug-likeness (QED) is 0.724. The maximum Gasteiger partial charge on any atom is 0.317 e. The summed E-state index contributed by atoms with van der Waals surface area (Å²) in [7, 11) is 4.03. The Labute approximate surface area is 130 Å². The van der Waals surface area contributed by atoms with Crippen molar-refractivity contribution in [1.29, 1.82) is 0 Å². The van der Waals surface area contributed by atoms with Crippen molar-refractivity contribution in [2.75, 3.05) is 27.2 Å². The van der Waals surface area contributed by atoms with Crippen LogP contribution in [0.1, 0.15) is 0 Å². The summed E-state index contributed by atoms with van der Waals surface area (Å²) in [5.41, 5.74) is 2.88. The van der Waals surface area contributed by atoms with Gasteiger partial charge in [0.25, 0.3) is 0 Å². The van der Waals surface area contributed by atoms with E-state index in [0.717, 1.165) is 28.7 Å². The van der Waals surface area contributed by atoms with E-state index in [1.165, 1.54) is 0 Å². The number of aromatic nitrogens is 2. The van der Waals surface area contributed by atoms with Gasteiger partial charge in [0.05, 0.1) is 11.2 Å². The molecule has 0 unspecified atom stereocenters. The third-order valence-corrected chi connectivity index (χ3v) is 3.40. The molecule has 0 spiro atoms.